The fourth-order valence-electron chi connectivity index (χ4n) is 1.58. The van der Waals surface area contributed by atoms with E-state index in [4.69, 9.17) is 25.8 Å². The minimum atomic E-state index is -1.39. The molecule has 2 rings (SSSR count). The smallest absolute Gasteiger partial charge is 0.371 e. The zero-order valence-corrected chi connectivity index (χ0v) is 10.6. The first-order chi connectivity index (χ1) is 7.81. The quantitative estimate of drug-likeness (QED) is 0.764. The van der Waals surface area contributed by atoms with E-state index in [1.165, 1.54) is 0 Å². The standard InChI is InChI=1S/C12H13ClO4/c1-11(2)10(14)16-12(3,17-11)15-9-6-4-8(13)5-7-9/h4-7H,1-3H3. The van der Waals surface area contributed by atoms with Crippen molar-refractivity contribution in [1.82, 2.24) is 0 Å². The van der Waals surface area contributed by atoms with Crippen molar-refractivity contribution < 1.29 is 19.0 Å². The van der Waals surface area contributed by atoms with E-state index in [-0.39, 0.29) is 0 Å². The molecular formula is C12H13ClO4. The Kier molecular flexibility index (Phi) is 2.79. The van der Waals surface area contributed by atoms with Crippen molar-refractivity contribution in [3.05, 3.63) is 29.3 Å². The van der Waals surface area contributed by atoms with Crippen LogP contribution < -0.4 is 4.74 Å². The van der Waals surface area contributed by atoms with Crippen molar-refractivity contribution in [1.29, 1.82) is 0 Å². The molecule has 1 aromatic rings. The zero-order valence-electron chi connectivity index (χ0n) is 9.82. The number of hydrogen-bond acceptors (Lipinski definition) is 4. The van der Waals surface area contributed by atoms with Crippen LogP contribution in [0.3, 0.4) is 0 Å². The Morgan fingerprint density at radius 3 is 2.24 bits per heavy atom. The molecular weight excluding hydrogens is 244 g/mol. The summed E-state index contributed by atoms with van der Waals surface area (Å²) in [5.74, 6) is -1.33. The van der Waals surface area contributed by atoms with Crippen LogP contribution in [-0.2, 0) is 14.3 Å². The van der Waals surface area contributed by atoms with Gasteiger partial charge in [-0.1, -0.05) is 11.6 Å². The van der Waals surface area contributed by atoms with Crippen LogP contribution in [-0.4, -0.2) is 17.5 Å². The van der Waals surface area contributed by atoms with Crippen molar-refractivity contribution in [3.63, 3.8) is 0 Å². The third kappa shape index (κ3) is 2.53. The van der Waals surface area contributed by atoms with Crippen LogP contribution in [0.25, 0.3) is 0 Å². The van der Waals surface area contributed by atoms with E-state index in [0.717, 1.165) is 0 Å². The first-order valence-corrected chi connectivity index (χ1v) is 5.57. The van der Waals surface area contributed by atoms with Crippen LogP contribution in [0.4, 0.5) is 0 Å². The summed E-state index contributed by atoms with van der Waals surface area (Å²) in [6, 6.07) is 6.72. The van der Waals surface area contributed by atoms with Gasteiger partial charge in [-0.25, -0.2) is 4.79 Å². The molecule has 1 heterocycles. The number of esters is 1. The Hall–Kier alpha value is -1.26. The first kappa shape index (κ1) is 12.2. The molecule has 0 spiro atoms. The lowest BCUT2D eigenvalue weighted by Gasteiger charge is -2.23. The molecule has 5 heteroatoms. The molecule has 1 atom stereocenters. The van der Waals surface area contributed by atoms with Gasteiger partial charge in [-0.3, -0.25) is 4.74 Å². The first-order valence-electron chi connectivity index (χ1n) is 5.19. The van der Waals surface area contributed by atoms with Crippen molar-refractivity contribution >= 4 is 17.6 Å². The number of rotatable bonds is 2. The normalized spacial score (nSPS) is 26.7. The largest absolute Gasteiger partial charge is 0.430 e. The Morgan fingerprint density at radius 1 is 1.18 bits per heavy atom. The molecule has 4 nitrogen and oxygen atoms in total. The number of ether oxygens (including phenoxy) is 3. The van der Waals surface area contributed by atoms with Gasteiger partial charge in [0.1, 0.15) is 5.75 Å². The highest BCUT2D eigenvalue weighted by atomic mass is 35.5. The monoisotopic (exact) mass is 256 g/mol. The molecule has 1 saturated heterocycles. The Balaban J connectivity index is 2.14. The van der Waals surface area contributed by atoms with Crippen LogP contribution >= 0.6 is 11.6 Å². The highest BCUT2D eigenvalue weighted by Gasteiger charge is 2.52. The zero-order chi connectivity index (χ0) is 12.7. The van der Waals surface area contributed by atoms with Gasteiger partial charge in [-0.15, -0.1) is 0 Å². The van der Waals surface area contributed by atoms with Crippen LogP contribution in [0.2, 0.25) is 5.02 Å². The van der Waals surface area contributed by atoms with Gasteiger partial charge >= 0.3 is 11.9 Å². The Morgan fingerprint density at radius 2 is 1.76 bits per heavy atom. The molecule has 1 aliphatic rings. The van der Waals surface area contributed by atoms with Gasteiger partial charge in [0.2, 0.25) is 0 Å². The summed E-state index contributed by atoms with van der Waals surface area (Å²) in [6.45, 7) is 4.81. The fraction of sp³-hybridized carbons (Fsp3) is 0.417. The van der Waals surface area contributed by atoms with E-state index in [1.54, 1.807) is 45.0 Å². The summed E-state index contributed by atoms with van der Waals surface area (Å²) < 4.78 is 16.0. The lowest BCUT2D eigenvalue weighted by Crippen LogP contribution is -2.36. The third-order valence-electron chi connectivity index (χ3n) is 2.33. The maximum Gasteiger partial charge on any atom is 0.371 e. The minimum Gasteiger partial charge on any atom is -0.430 e. The number of carbonyl (C=O) groups is 1. The maximum atomic E-state index is 11.5. The lowest BCUT2D eigenvalue weighted by molar-refractivity contribution is -0.285. The van der Waals surface area contributed by atoms with Crippen molar-refractivity contribution in [2.75, 3.05) is 0 Å². The van der Waals surface area contributed by atoms with Crippen LogP contribution in [0.1, 0.15) is 20.8 Å². The summed E-state index contributed by atoms with van der Waals surface area (Å²) in [5, 5.41) is 0.604. The molecule has 0 aliphatic carbocycles. The van der Waals surface area contributed by atoms with Crippen LogP contribution in [0.5, 0.6) is 5.75 Å². The van der Waals surface area contributed by atoms with Gasteiger partial charge in [0, 0.05) is 11.9 Å². The van der Waals surface area contributed by atoms with E-state index in [2.05, 4.69) is 0 Å². The summed E-state index contributed by atoms with van der Waals surface area (Å²) >= 11 is 5.76. The van der Waals surface area contributed by atoms with Crippen molar-refractivity contribution in [3.8, 4) is 5.75 Å². The highest BCUT2D eigenvalue weighted by molar-refractivity contribution is 6.30. The molecule has 1 fully saturated rings. The van der Waals surface area contributed by atoms with Gasteiger partial charge < -0.3 is 9.47 Å². The Labute approximate surface area is 104 Å². The van der Waals surface area contributed by atoms with Gasteiger partial charge in [-0.2, -0.15) is 0 Å². The van der Waals surface area contributed by atoms with Gasteiger partial charge in [-0.05, 0) is 38.1 Å². The predicted octanol–water partition coefficient (Wildman–Crippen LogP) is 2.74. The van der Waals surface area contributed by atoms with E-state index >= 15 is 0 Å². The average Bonchev–Trinajstić information content (AvgIpc) is 2.39. The number of halogens is 1. The molecule has 0 radical (unpaired) electrons. The SMILES string of the molecule is CC1(Oc2ccc(Cl)cc2)OC(=O)C(C)(C)O1. The molecule has 0 amide bonds. The van der Waals surface area contributed by atoms with E-state index in [1.807, 2.05) is 0 Å². The summed E-state index contributed by atoms with van der Waals surface area (Å²) in [5.41, 5.74) is -0.999. The molecule has 0 saturated carbocycles. The highest BCUT2D eigenvalue weighted by Crippen LogP contribution is 2.34. The topological polar surface area (TPSA) is 44.8 Å². The summed E-state index contributed by atoms with van der Waals surface area (Å²) in [4.78, 5) is 11.5. The third-order valence-corrected chi connectivity index (χ3v) is 2.58. The average molecular weight is 257 g/mol. The second kappa shape index (κ2) is 3.89. The number of carbonyl (C=O) groups excluding carboxylic acids is 1. The molecule has 17 heavy (non-hydrogen) atoms. The molecule has 1 aliphatic heterocycles. The van der Waals surface area contributed by atoms with Gasteiger partial charge in [0.05, 0.1) is 0 Å². The summed E-state index contributed by atoms with van der Waals surface area (Å²) in [6.07, 6.45) is 0. The number of cyclic esters (lactones) is 1. The molecule has 92 valence electrons. The maximum absolute atomic E-state index is 11.5. The lowest BCUT2D eigenvalue weighted by atomic mass is 10.1. The Bertz CT molecular complexity index is 440. The van der Waals surface area contributed by atoms with Crippen LogP contribution in [0.15, 0.2) is 24.3 Å². The summed E-state index contributed by atoms with van der Waals surface area (Å²) in [7, 11) is 0. The number of hydrogen-bond donors (Lipinski definition) is 0. The van der Waals surface area contributed by atoms with E-state index < -0.39 is 17.5 Å². The molecule has 1 unspecified atom stereocenters. The molecule has 0 N–H and O–H groups in total. The van der Waals surface area contributed by atoms with Gasteiger partial charge in [0.15, 0.2) is 5.60 Å². The second-order valence-electron chi connectivity index (χ2n) is 4.42. The molecule has 0 aromatic heterocycles. The predicted molar refractivity (Wildman–Crippen MR) is 61.7 cm³/mol. The second-order valence-corrected chi connectivity index (χ2v) is 4.86. The van der Waals surface area contributed by atoms with E-state index in [9.17, 15) is 4.79 Å². The van der Waals surface area contributed by atoms with Crippen molar-refractivity contribution in [2.45, 2.75) is 32.3 Å². The van der Waals surface area contributed by atoms with Crippen LogP contribution in [0, 0.1) is 0 Å². The van der Waals surface area contributed by atoms with Crippen molar-refractivity contribution in [2.24, 2.45) is 0 Å². The minimum absolute atomic E-state index is 0.450. The van der Waals surface area contributed by atoms with Gasteiger partial charge in [0.25, 0.3) is 0 Å². The fourth-order valence-corrected chi connectivity index (χ4v) is 1.70. The molecule has 0 bridgehead atoms. The number of benzene rings is 1. The van der Waals surface area contributed by atoms with E-state index in [0.29, 0.717) is 10.8 Å². The molecule has 1 aromatic carbocycles.